The van der Waals surface area contributed by atoms with Crippen LogP contribution in [0.3, 0.4) is 0 Å². The molecule has 1 rings (SSSR count). The van der Waals surface area contributed by atoms with Gasteiger partial charge in [0.15, 0.2) is 0 Å². The lowest BCUT2D eigenvalue weighted by molar-refractivity contribution is 0.579. The standard InChI is InChI=1S/C6H12BNO/c1-7(9)6-2-4-8-5-3-6/h2,8-9H,3-5H2,1H3. The topological polar surface area (TPSA) is 32.3 Å². The Morgan fingerprint density at radius 1 is 1.78 bits per heavy atom. The first-order chi connectivity index (χ1) is 4.30. The summed E-state index contributed by atoms with van der Waals surface area (Å²) in [7, 11) is 0. The van der Waals surface area contributed by atoms with Crippen molar-refractivity contribution in [1.29, 1.82) is 0 Å². The number of rotatable bonds is 1. The third kappa shape index (κ3) is 1.84. The minimum absolute atomic E-state index is 0.243. The minimum atomic E-state index is -0.243. The molecule has 50 valence electrons. The summed E-state index contributed by atoms with van der Waals surface area (Å²) in [4.78, 5) is 0. The smallest absolute Gasteiger partial charge is 0.315 e. The molecular formula is C6H12BNO. The summed E-state index contributed by atoms with van der Waals surface area (Å²) in [5.74, 6) is 0. The van der Waals surface area contributed by atoms with Gasteiger partial charge >= 0.3 is 6.92 Å². The van der Waals surface area contributed by atoms with Gasteiger partial charge in [-0.3, -0.25) is 0 Å². The zero-order chi connectivity index (χ0) is 6.69. The molecular weight excluding hydrogens is 113 g/mol. The second kappa shape index (κ2) is 3.04. The number of nitrogens with one attached hydrogen (secondary N) is 1. The maximum atomic E-state index is 9.08. The van der Waals surface area contributed by atoms with Crippen molar-refractivity contribution in [1.82, 2.24) is 5.32 Å². The van der Waals surface area contributed by atoms with Crippen LogP contribution in [0.2, 0.25) is 6.82 Å². The Bertz CT molecular complexity index is 122. The fourth-order valence-corrected chi connectivity index (χ4v) is 1.02. The second-order valence-corrected chi connectivity index (χ2v) is 2.41. The van der Waals surface area contributed by atoms with Gasteiger partial charge in [0, 0.05) is 6.54 Å². The van der Waals surface area contributed by atoms with Crippen LogP contribution in [0.25, 0.3) is 0 Å². The van der Waals surface area contributed by atoms with Crippen molar-refractivity contribution in [3.05, 3.63) is 11.5 Å². The Hall–Kier alpha value is -0.275. The zero-order valence-corrected chi connectivity index (χ0v) is 5.72. The largest absolute Gasteiger partial charge is 0.447 e. The van der Waals surface area contributed by atoms with Gasteiger partial charge in [0.1, 0.15) is 0 Å². The molecule has 0 saturated heterocycles. The Labute approximate surface area is 56.1 Å². The van der Waals surface area contributed by atoms with Gasteiger partial charge in [0.25, 0.3) is 0 Å². The quantitative estimate of drug-likeness (QED) is 0.485. The van der Waals surface area contributed by atoms with Gasteiger partial charge in [-0.1, -0.05) is 18.4 Å². The molecule has 1 heterocycles. The van der Waals surface area contributed by atoms with E-state index in [1.807, 2.05) is 6.82 Å². The van der Waals surface area contributed by atoms with Gasteiger partial charge in [-0.05, 0) is 13.0 Å². The van der Waals surface area contributed by atoms with Gasteiger partial charge in [0.2, 0.25) is 0 Å². The van der Waals surface area contributed by atoms with Crippen LogP contribution < -0.4 is 5.32 Å². The van der Waals surface area contributed by atoms with E-state index in [2.05, 4.69) is 11.4 Å². The monoisotopic (exact) mass is 125 g/mol. The average Bonchev–Trinajstić information content (AvgIpc) is 1.90. The van der Waals surface area contributed by atoms with Crippen LogP contribution in [0, 0.1) is 0 Å². The predicted octanol–water partition coefficient (Wildman–Crippen LogP) is 0.0589. The highest BCUT2D eigenvalue weighted by Gasteiger charge is 2.11. The third-order valence-electron chi connectivity index (χ3n) is 1.64. The van der Waals surface area contributed by atoms with Crippen LogP contribution in [0.15, 0.2) is 11.5 Å². The predicted molar refractivity (Wildman–Crippen MR) is 39.4 cm³/mol. The molecule has 3 heteroatoms. The van der Waals surface area contributed by atoms with Crippen LogP contribution in [-0.4, -0.2) is 25.0 Å². The summed E-state index contributed by atoms with van der Waals surface area (Å²) in [5.41, 5.74) is 1.17. The molecule has 0 atom stereocenters. The molecule has 0 bridgehead atoms. The fraction of sp³-hybridized carbons (Fsp3) is 0.667. The molecule has 9 heavy (non-hydrogen) atoms. The van der Waals surface area contributed by atoms with Crippen LogP contribution in [0.4, 0.5) is 0 Å². The summed E-state index contributed by atoms with van der Waals surface area (Å²) in [6.45, 7) is 3.50. The molecule has 0 fully saturated rings. The first-order valence-electron chi connectivity index (χ1n) is 3.38. The van der Waals surface area contributed by atoms with Crippen LogP contribution in [0.1, 0.15) is 6.42 Å². The van der Waals surface area contributed by atoms with Gasteiger partial charge < -0.3 is 10.3 Å². The lowest BCUT2D eigenvalue weighted by Crippen LogP contribution is -2.25. The molecule has 2 nitrogen and oxygen atoms in total. The molecule has 2 N–H and O–H groups in total. The van der Waals surface area contributed by atoms with Crippen molar-refractivity contribution >= 4 is 6.92 Å². The number of hydrogen-bond donors (Lipinski definition) is 2. The molecule has 0 unspecified atom stereocenters. The lowest BCUT2D eigenvalue weighted by Gasteiger charge is -2.13. The molecule has 0 aromatic heterocycles. The van der Waals surface area contributed by atoms with Crippen molar-refractivity contribution in [2.45, 2.75) is 13.2 Å². The van der Waals surface area contributed by atoms with Crippen LogP contribution >= 0.6 is 0 Å². The summed E-state index contributed by atoms with van der Waals surface area (Å²) in [6, 6.07) is 0. The highest BCUT2D eigenvalue weighted by molar-refractivity contribution is 6.57. The minimum Gasteiger partial charge on any atom is -0.447 e. The third-order valence-corrected chi connectivity index (χ3v) is 1.64. The molecule has 0 saturated carbocycles. The fourth-order valence-electron chi connectivity index (χ4n) is 1.02. The van der Waals surface area contributed by atoms with Gasteiger partial charge in [-0.25, -0.2) is 0 Å². The van der Waals surface area contributed by atoms with Crippen molar-refractivity contribution in [3.63, 3.8) is 0 Å². The first-order valence-corrected chi connectivity index (χ1v) is 3.38. The van der Waals surface area contributed by atoms with E-state index in [1.165, 1.54) is 5.47 Å². The van der Waals surface area contributed by atoms with Gasteiger partial charge in [-0.2, -0.15) is 0 Å². The zero-order valence-electron chi connectivity index (χ0n) is 5.72. The Kier molecular flexibility index (Phi) is 2.31. The molecule has 0 aromatic rings. The van der Waals surface area contributed by atoms with E-state index < -0.39 is 0 Å². The average molecular weight is 125 g/mol. The SMILES string of the molecule is CB(O)C1=CCNCC1. The van der Waals surface area contributed by atoms with E-state index in [0.717, 1.165) is 19.5 Å². The highest BCUT2D eigenvalue weighted by Crippen LogP contribution is 2.05. The van der Waals surface area contributed by atoms with Gasteiger partial charge in [0.05, 0.1) is 0 Å². The van der Waals surface area contributed by atoms with E-state index in [0.29, 0.717) is 0 Å². The maximum absolute atomic E-state index is 9.08. The molecule has 0 amide bonds. The van der Waals surface area contributed by atoms with E-state index in [-0.39, 0.29) is 6.92 Å². The summed E-state index contributed by atoms with van der Waals surface area (Å²) < 4.78 is 0. The molecule has 0 aliphatic carbocycles. The van der Waals surface area contributed by atoms with E-state index in [9.17, 15) is 0 Å². The van der Waals surface area contributed by atoms with Crippen LogP contribution in [-0.2, 0) is 0 Å². The summed E-state index contributed by atoms with van der Waals surface area (Å²) in [6.07, 6.45) is 3.06. The molecule has 0 radical (unpaired) electrons. The molecule has 1 aliphatic heterocycles. The summed E-state index contributed by atoms with van der Waals surface area (Å²) in [5, 5.41) is 12.3. The van der Waals surface area contributed by atoms with Crippen molar-refractivity contribution in [2.24, 2.45) is 0 Å². The van der Waals surface area contributed by atoms with Crippen molar-refractivity contribution in [3.8, 4) is 0 Å². The molecule has 1 aliphatic rings. The maximum Gasteiger partial charge on any atom is 0.315 e. The highest BCUT2D eigenvalue weighted by atomic mass is 16.2. The lowest BCUT2D eigenvalue weighted by atomic mass is 9.61. The van der Waals surface area contributed by atoms with E-state index >= 15 is 0 Å². The van der Waals surface area contributed by atoms with E-state index in [4.69, 9.17) is 5.02 Å². The Morgan fingerprint density at radius 3 is 2.89 bits per heavy atom. The Morgan fingerprint density at radius 2 is 2.56 bits per heavy atom. The second-order valence-electron chi connectivity index (χ2n) is 2.41. The summed E-state index contributed by atoms with van der Waals surface area (Å²) >= 11 is 0. The van der Waals surface area contributed by atoms with Crippen molar-refractivity contribution in [2.75, 3.05) is 13.1 Å². The van der Waals surface area contributed by atoms with E-state index in [1.54, 1.807) is 0 Å². The normalized spacial score (nSPS) is 19.1. The van der Waals surface area contributed by atoms with Gasteiger partial charge in [-0.15, -0.1) is 0 Å². The van der Waals surface area contributed by atoms with Crippen molar-refractivity contribution < 1.29 is 5.02 Å². The number of hydrogen-bond acceptors (Lipinski definition) is 2. The molecule has 0 spiro atoms. The first kappa shape index (κ1) is 6.84. The van der Waals surface area contributed by atoms with Crippen LogP contribution in [0.5, 0.6) is 0 Å². The Balaban J connectivity index is 2.46. The molecule has 0 aromatic carbocycles.